The lowest BCUT2D eigenvalue weighted by Crippen LogP contribution is -2.61. The first-order chi connectivity index (χ1) is 37.9. The molecule has 0 fully saturated rings. The van der Waals surface area contributed by atoms with Gasteiger partial charge in [0.25, 0.3) is 6.71 Å². The van der Waals surface area contributed by atoms with Crippen LogP contribution in [0.4, 0.5) is 51.2 Å². The molecule has 2 aliphatic heterocycles. The molecule has 0 atom stereocenters. The van der Waals surface area contributed by atoms with Crippen LogP contribution in [0.15, 0.2) is 133 Å². The highest BCUT2D eigenvalue weighted by molar-refractivity contribution is 7.00. The molecule has 9 rings (SSSR count). The Morgan fingerprint density at radius 2 is 0.561 bits per heavy atom. The average molecular weight is 1090 g/mol. The first-order valence-electron chi connectivity index (χ1n) is 31.4. The summed E-state index contributed by atoms with van der Waals surface area (Å²) in [5, 5.41) is 0. The van der Waals surface area contributed by atoms with Crippen LogP contribution in [-0.4, -0.2) is 6.71 Å². The summed E-state index contributed by atoms with van der Waals surface area (Å²) in [4.78, 5) is 7.93. The summed E-state index contributed by atoms with van der Waals surface area (Å²) in [5.41, 5.74) is 25.2. The molecule has 7 aromatic rings. The van der Waals surface area contributed by atoms with Gasteiger partial charge in [0.1, 0.15) is 0 Å². The lowest BCUT2D eigenvalue weighted by Gasteiger charge is -2.46. The smallest absolute Gasteiger partial charge is 0.252 e. The molecule has 0 N–H and O–H groups in total. The van der Waals surface area contributed by atoms with Crippen LogP contribution in [0.1, 0.15) is 236 Å². The number of hydrogen-bond acceptors (Lipinski definition) is 3. The number of hydrogen-bond donors (Lipinski definition) is 0. The third kappa shape index (κ3) is 11.2. The van der Waals surface area contributed by atoms with Crippen molar-refractivity contribution in [2.45, 2.75) is 235 Å². The normalized spacial score (nSPS) is 14.2. The van der Waals surface area contributed by atoms with E-state index in [4.69, 9.17) is 0 Å². The first-order valence-corrected chi connectivity index (χ1v) is 31.4. The van der Waals surface area contributed by atoms with E-state index in [9.17, 15) is 0 Å². The minimum Gasteiger partial charge on any atom is -0.311 e. The molecule has 7 aromatic carbocycles. The van der Waals surface area contributed by atoms with E-state index in [1.807, 2.05) is 0 Å². The highest BCUT2D eigenvalue weighted by atomic mass is 15.2. The van der Waals surface area contributed by atoms with E-state index in [1.54, 1.807) is 0 Å². The predicted molar refractivity (Wildman–Crippen MR) is 363 cm³/mol. The SMILES string of the molecule is CCC(C)(CC)c1ccc(N2c3ccc(C(C)(C)C)cc3B3c4cc(C(C)(C)C)ccc4N(c4ccc(C(C)(CC)CC)cc4)c4cc(N(c5cc(C(C)(C)C)cc(C(C)(C)C)c5)c5cc(C(C)(C)C)cc(C(C)(C)C)c5)cc2c43)cc1. The lowest BCUT2D eigenvalue weighted by molar-refractivity contribution is 0.439. The number of rotatable bonds is 11. The van der Waals surface area contributed by atoms with E-state index in [1.165, 1.54) is 106 Å². The van der Waals surface area contributed by atoms with Crippen LogP contribution >= 0.6 is 0 Å². The van der Waals surface area contributed by atoms with Gasteiger partial charge in [-0.05, 0) is 203 Å². The highest BCUT2D eigenvalue weighted by Gasteiger charge is 2.45. The van der Waals surface area contributed by atoms with E-state index in [0.717, 1.165) is 31.4 Å². The van der Waals surface area contributed by atoms with Crippen molar-refractivity contribution < 1.29 is 0 Å². The van der Waals surface area contributed by atoms with Crippen molar-refractivity contribution in [2.24, 2.45) is 0 Å². The van der Waals surface area contributed by atoms with Gasteiger partial charge in [-0.1, -0.05) is 227 Å². The van der Waals surface area contributed by atoms with Gasteiger partial charge in [0.15, 0.2) is 0 Å². The third-order valence-corrected chi connectivity index (χ3v) is 19.6. The molecule has 0 saturated carbocycles. The van der Waals surface area contributed by atoms with Crippen molar-refractivity contribution in [1.82, 2.24) is 0 Å². The van der Waals surface area contributed by atoms with Gasteiger partial charge in [-0.15, -0.1) is 0 Å². The Balaban J connectivity index is 1.50. The van der Waals surface area contributed by atoms with Crippen LogP contribution in [0.25, 0.3) is 0 Å². The highest BCUT2D eigenvalue weighted by Crippen LogP contribution is 2.51. The summed E-state index contributed by atoms with van der Waals surface area (Å²) in [6, 6.07) is 54.4. The topological polar surface area (TPSA) is 9.72 Å². The lowest BCUT2D eigenvalue weighted by atomic mass is 9.33. The molecule has 4 heteroatoms. The van der Waals surface area contributed by atoms with Crippen molar-refractivity contribution in [3.05, 3.63) is 178 Å². The van der Waals surface area contributed by atoms with Crippen molar-refractivity contribution >= 4 is 74.3 Å². The summed E-state index contributed by atoms with van der Waals surface area (Å²) >= 11 is 0. The Bertz CT molecular complexity index is 3200. The second kappa shape index (κ2) is 21.0. The second-order valence-electron chi connectivity index (χ2n) is 31.6. The zero-order valence-electron chi connectivity index (χ0n) is 55.4. The van der Waals surface area contributed by atoms with Crippen LogP contribution in [0.3, 0.4) is 0 Å². The molecule has 0 aliphatic carbocycles. The molecular weight excluding hydrogens is 990 g/mol. The fourth-order valence-corrected chi connectivity index (χ4v) is 12.6. The molecule has 0 bridgehead atoms. The van der Waals surface area contributed by atoms with Crippen molar-refractivity contribution in [3.63, 3.8) is 0 Å². The Morgan fingerprint density at radius 1 is 0.293 bits per heavy atom. The number of benzene rings is 7. The third-order valence-electron chi connectivity index (χ3n) is 19.6. The van der Waals surface area contributed by atoms with Crippen LogP contribution in [-0.2, 0) is 43.3 Å². The number of nitrogens with zero attached hydrogens (tertiary/aromatic N) is 3. The molecule has 0 unspecified atom stereocenters. The van der Waals surface area contributed by atoms with Crippen molar-refractivity contribution in [1.29, 1.82) is 0 Å². The van der Waals surface area contributed by atoms with Crippen LogP contribution < -0.4 is 31.1 Å². The Labute approximate surface area is 499 Å². The zero-order valence-corrected chi connectivity index (χ0v) is 55.4. The van der Waals surface area contributed by atoms with Crippen LogP contribution in [0.2, 0.25) is 0 Å². The van der Waals surface area contributed by atoms with Gasteiger partial charge in [-0.25, -0.2) is 0 Å². The minimum atomic E-state index is -0.102. The van der Waals surface area contributed by atoms with E-state index >= 15 is 0 Å². The molecule has 0 amide bonds. The summed E-state index contributed by atoms with van der Waals surface area (Å²) in [7, 11) is 0. The van der Waals surface area contributed by atoms with E-state index in [0.29, 0.717) is 0 Å². The summed E-state index contributed by atoms with van der Waals surface area (Å²) in [5.74, 6) is 0. The Morgan fingerprint density at radius 3 is 0.829 bits per heavy atom. The molecular formula is C78H102BN3. The largest absolute Gasteiger partial charge is 0.311 e. The predicted octanol–water partition coefficient (Wildman–Crippen LogP) is 21.2. The van der Waals surface area contributed by atoms with Gasteiger partial charge in [0, 0.05) is 45.5 Å². The van der Waals surface area contributed by atoms with E-state index < -0.39 is 0 Å². The fourth-order valence-electron chi connectivity index (χ4n) is 12.6. The fraction of sp³-hybridized carbons (Fsp3) is 0.462. The molecule has 0 aromatic heterocycles. The quantitative estimate of drug-likeness (QED) is 0.120. The zero-order chi connectivity index (χ0) is 60.2. The maximum atomic E-state index is 2.64. The maximum absolute atomic E-state index is 2.64. The average Bonchev–Trinajstić information content (AvgIpc) is 2.92. The van der Waals surface area contributed by atoms with Gasteiger partial charge >= 0.3 is 0 Å². The Kier molecular flexibility index (Phi) is 15.5. The van der Waals surface area contributed by atoms with Crippen LogP contribution in [0.5, 0.6) is 0 Å². The van der Waals surface area contributed by atoms with Gasteiger partial charge < -0.3 is 14.7 Å². The van der Waals surface area contributed by atoms with E-state index in [-0.39, 0.29) is 50.0 Å². The molecule has 0 spiro atoms. The second-order valence-corrected chi connectivity index (χ2v) is 31.6. The molecule has 2 aliphatic rings. The van der Waals surface area contributed by atoms with Gasteiger partial charge in [-0.2, -0.15) is 0 Å². The number of anilines is 9. The Hall–Kier alpha value is -6.00. The monoisotopic (exact) mass is 1090 g/mol. The maximum Gasteiger partial charge on any atom is 0.252 e. The van der Waals surface area contributed by atoms with Crippen LogP contribution in [0, 0.1) is 0 Å². The van der Waals surface area contributed by atoms with Crippen molar-refractivity contribution in [3.8, 4) is 0 Å². The van der Waals surface area contributed by atoms with Gasteiger partial charge in [-0.3, -0.25) is 0 Å². The molecule has 432 valence electrons. The number of fused-ring (bicyclic) bond motifs is 4. The van der Waals surface area contributed by atoms with E-state index in [2.05, 4.69) is 314 Å². The summed E-state index contributed by atoms with van der Waals surface area (Å²) in [6.45, 7) is 56.8. The molecule has 3 nitrogen and oxygen atoms in total. The van der Waals surface area contributed by atoms with Crippen molar-refractivity contribution in [2.75, 3.05) is 14.7 Å². The molecule has 0 saturated heterocycles. The standard InChI is InChI=1S/C78H102BN3/c1-25-77(23,26-2)51-29-35-59(36-30-51)81-66-39-33-53(71(5,6)7)47-64(66)79-65-48-54(72(8,9)10)34-40-67(65)82(60-37-31-52(32-38-60)78(24,27-3)28-4)69-50-63(49-68(81)70(69)79)80(61-43-55(73(11,12)13)41-56(44-61)74(14,15)16)62-45-57(75(17,18)19)42-58(46-62)76(20,21)22/h29-50H,25-28H2,1-24H3. The summed E-state index contributed by atoms with van der Waals surface area (Å²) < 4.78 is 0. The molecule has 2 heterocycles. The van der Waals surface area contributed by atoms with Gasteiger partial charge in [0.05, 0.1) is 5.69 Å². The minimum absolute atomic E-state index is 0.0477. The van der Waals surface area contributed by atoms with Gasteiger partial charge in [0.2, 0.25) is 0 Å². The summed E-state index contributed by atoms with van der Waals surface area (Å²) in [6.07, 6.45) is 4.34. The molecule has 0 radical (unpaired) electrons. The molecule has 82 heavy (non-hydrogen) atoms. The first kappa shape index (κ1) is 60.6.